The van der Waals surface area contributed by atoms with Crippen molar-refractivity contribution in [2.24, 2.45) is 0 Å². The van der Waals surface area contributed by atoms with E-state index in [4.69, 9.17) is 4.74 Å². The van der Waals surface area contributed by atoms with Crippen molar-refractivity contribution in [2.45, 2.75) is 25.7 Å². The molecular weight excluding hydrogens is 396 g/mol. The molecule has 3 heterocycles. The van der Waals surface area contributed by atoms with Crippen LogP contribution in [0.15, 0.2) is 36.8 Å². The molecule has 0 radical (unpaired) electrons. The van der Waals surface area contributed by atoms with Gasteiger partial charge in [0.1, 0.15) is 23.7 Å². The highest BCUT2D eigenvalue weighted by atomic mass is 16.5. The van der Waals surface area contributed by atoms with Crippen molar-refractivity contribution in [1.82, 2.24) is 15.3 Å². The topological polar surface area (TPSA) is 108 Å². The SMILES string of the molecule is CN1CCNC(=O)CCCCCOc2cccc(c2)N/C=C2\C(=O)Nc3ncnc1c32. The Balaban J connectivity index is 1.64. The monoisotopic (exact) mass is 422 g/mol. The fourth-order valence-electron chi connectivity index (χ4n) is 3.58. The maximum atomic E-state index is 12.6. The quantitative estimate of drug-likeness (QED) is 0.598. The first kappa shape index (κ1) is 20.6. The molecule has 0 aliphatic carbocycles. The molecule has 0 fully saturated rings. The Morgan fingerprint density at radius 2 is 2.03 bits per heavy atom. The first-order valence-corrected chi connectivity index (χ1v) is 10.5. The lowest BCUT2D eigenvalue weighted by Gasteiger charge is -2.20. The van der Waals surface area contributed by atoms with Crippen LogP contribution in [-0.4, -0.2) is 48.5 Å². The number of hydrogen-bond donors (Lipinski definition) is 3. The van der Waals surface area contributed by atoms with Gasteiger partial charge in [0.15, 0.2) is 0 Å². The van der Waals surface area contributed by atoms with Crippen LogP contribution in [0, 0.1) is 0 Å². The van der Waals surface area contributed by atoms with Crippen LogP contribution < -0.4 is 25.6 Å². The number of benzene rings is 1. The first-order chi connectivity index (χ1) is 15.1. The van der Waals surface area contributed by atoms with Gasteiger partial charge in [0, 0.05) is 44.5 Å². The van der Waals surface area contributed by atoms with E-state index >= 15 is 0 Å². The Labute approximate surface area is 180 Å². The number of carbonyl (C=O) groups is 2. The second-order valence-corrected chi connectivity index (χ2v) is 7.54. The summed E-state index contributed by atoms with van der Waals surface area (Å²) in [6.45, 7) is 1.63. The van der Waals surface area contributed by atoms with Crippen LogP contribution in [0.5, 0.6) is 5.75 Å². The first-order valence-electron chi connectivity index (χ1n) is 10.5. The van der Waals surface area contributed by atoms with E-state index in [1.807, 2.05) is 36.2 Å². The average Bonchev–Trinajstić information content (AvgIpc) is 3.09. The zero-order chi connectivity index (χ0) is 21.6. The predicted molar refractivity (Wildman–Crippen MR) is 119 cm³/mol. The van der Waals surface area contributed by atoms with Crippen LogP contribution in [0.2, 0.25) is 0 Å². The second-order valence-electron chi connectivity index (χ2n) is 7.54. The van der Waals surface area contributed by atoms with Gasteiger partial charge in [-0.05, 0) is 31.4 Å². The highest BCUT2D eigenvalue weighted by Gasteiger charge is 2.30. The second kappa shape index (κ2) is 9.46. The molecule has 3 N–H and O–H groups in total. The minimum Gasteiger partial charge on any atom is -0.494 e. The molecule has 2 aromatic rings. The normalized spacial score (nSPS) is 19.3. The van der Waals surface area contributed by atoms with E-state index in [2.05, 4.69) is 25.9 Å². The van der Waals surface area contributed by atoms with Crippen LogP contribution >= 0.6 is 0 Å². The molecule has 0 atom stereocenters. The number of amides is 2. The minimum atomic E-state index is -0.246. The molecule has 162 valence electrons. The van der Waals surface area contributed by atoms with Crippen LogP contribution in [0.1, 0.15) is 31.2 Å². The summed E-state index contributed by atoms with van der Waals surface area (Å²) in [5.74, 6) is 1.64. The van der Waals surface area contributed by atoms with Crippen molar-refractivity contribution < 1.29 is 14.3 Å². The predicted octanol–water partition coefficient (Wildman–Crippen LogP) is 2.39. The Morgan fingerprint density at radius 1 is 1.13 bits per heavy atom. The highest BCUT2D eigenvalue weighted by molar-refractivity contribution is 6.32. The number of rotatable bonds is 0. The van der Waals surface area contributed by atoms with E-state index < -0.39 is 0 Å². The number of hydrogen-bond acceptors (Lipinski definition) is 7. The standard InChI is InChI=1S/C22H26N6O3/c1-28-10-9-23-18(29)8-3-2-4-11-31-16-7-5-6-15(12-16)24-13-17-19-20(27-22(17)30)25-14-26-21(19)28/h5-7,12-14,24H,2-4,8-11H2,1H3,(H,23,29)(H,25,26,27,30)/b17-13-. The van der Waals surface area contributed by atoms with Gasteiger partial charge in [-0.2, -0.15) is 0 Å². The number of nitrogens with zero attached hydrogens (tertiary/aromatic N) is 3. The molecule has 4 rings (SSSR count). The van der Waals surface area contributed by atoms with Gasteiger partial charge in [-0.25, -0.2) is 9.97 Å². The van der Waals surface area contributed by atoms with Crippen molar-refractivity contribution in [3.63, 3.8) is 0 Å². The summed E-state index contributed by atoms with van der Waals surface area (Å²) in [5, 5.41) is 8.93. The van der Waals surface area contributed by atoms with E-state index in [1.165, 1.54) is 6.33 Å². The van der Waals surface area contributed by atoms with Crippen LogP contribution in [0.4, 0.5) is 17.3 Å². The van der Waals surface area contributed by atoms with Crippen molar-refractivity contribution in [3.8, 4) is 5.75 Å². The van der Waals surface area contributed by atoms with Crippen molar-refractivity contribution in [3.05, 3.63) is 42.4 Å². The summed E-state index contributed by atoms with van der Waals surface area (Å²) < 4.78 is 5.83. The van der Waals surface area contributed by atoms with Gasteiger partial charge in [0.25, 0.3) is 5.91 Å². The van der Waals surface area contributed by atoms with Crippen LogP contribution in [0.3, 0.4) is 0 Å². The van der Waals surface area contributed by atoms with E-state index in [0.717, 1.165) is 30.7 Å². The third-order valence-electron chi connectivity index (χ3n) is 5.24. The molecule has 2 aliphatic heterocycles. The van der Waals surface area contributed by atoms with E-state index in [0.29, 0.717) is 48.9 Å². The van der Waals surface area contributed by atoms with Gasteiger partial charge in [0.05, 0.1) is 17.7 Å². The minimum absolute atomic E-state index is 0.0366. The smallest absolute Gasteiger partial charge is 0.259 e. The molecule has 9 nitrogen and oxygen atoms in total. The number of ether oxygens (including phenoxy) is 1. The fourth-order valence-corrected chi connectivity index (χ4v) is 3.58. The summed E-state index contributed by atoms with van der Waals surface area (Å²) in [6, 6.07) is 7.59. The summed E-state index contributed by atoms with van der Waals surface area (Å²) in [6.07, 6.45) is 6.23. The Bertz CT molecular complexity index is 1010. The summed E-state index contributed by atoms with van der Waals surface area (Å²) in [4.78, 5) is 35.2. The zero-order valence-corrected chi connectivity index (χ0v) is 17.5. The molecular formula is C22H26N6O3. The number of likely N-dealkylation sites (N-methyl/N-ethyl adjacent to an activating group) is 1. The maximum Gasteiger partial charge on any atom is 0.259 e. The molecule has 2 amide bonds. The molecule has 2 aliphatic rings. The third kappa shape index (κ3) is 4.93. The van der Waals surface area contributed by atoms with Crippen molar-refractivity contribution in [1.29, 1.82) is 0 Å². The lowest BCUT2D eigenvalue weighted by Crippen LogP contribution is -2.33. The summed E-state index contributed by atoms with van der Waals surface area (Å²) >= 11 is 0. The van der Waals surface area contributed by atoms with Crippen LogP contribution in [-0.2, 0) is 9.59 Å². The molecule has 0 spiro atoms. The van der Waals surface area contributed by atoms with Gasteiger partial charge in [0.2, 0.25) is 5.91 Å². The number of aromatic nitrogens is 2. The largest absolute Gasteiger partial charge is 0.494 e. The lowest BCUT2D eigenvalue weighted by atomic mass is 10.1. The Hall–Kier alpha value is -3.62. The van der Waals surface area contributed by atoms with Crippen molar-refractivity contribution in [2.75, 3.05) is 42.3 Å². The van der Waals surface area contributed by atoms with Gasteiger partial charge in [-0.1, -0.05) is 6.07 Å². The van der Waals surface area contributed by atoms with Gasteiger partial charge < -0.3 is 25.6 Å². The van der Waals surface area contributed by atoms with E-state index in [-0.39, 0.29) is 11.8 Å². The molecule has 9 heteroatoms. The third-order valence-corrected chi connectivity index (χ3v) is 5.24. The van der Waals surface area contributed by atoms with E-state index in [9.17, 15) is 9.59 Å². The number of carbonyl (C=O) groups excluding carboxylic acids is 2. The summed E-state index contributed by atoms with van der Waals surface area (Å²) in [5.41, 5.74) is 1.90. The molecule has 1 aromatic heterocycles. The zero-order valence-electron chi connectivity index (χ0n) is 17.5. The maximum absolute atomic E-state index is 12.6. The average molecular weight is 422 g/mol. The van der Waals surface area contributed by atoms with Crippen molar-refractivity contribution >= 4 is 34.7 Å². The Kier molecular flexibility index (Phi) is 6.30. The molecule has 2 bridgehead atoms. The molecule has 0 saturated heterocycles. The molecule has 1 aromatic carbocycles. The van der Waals surface area contributed by atoms with Gasteiger partial charge >= 0.3 is 0 Å². The highest BCUT2D eigenvalue weighted by Crippen LogP contribution is 2.36. The Morgan fingerprint density at radius 3 is 2.94 bits per heavy atom. The molecule has 0 saturated carbocycles. The number of nitrogens with one attached hydrogen (secondary N) is 3. The lowest BCUT2D eigenvalue weighted by molar-refractivity contribution is -0.121. The summed E-state index contributed by atoms with van der Waals surface area (Å²) in [7, 11) is 1.88. The number of anilines is 3. The van der Waals surface area contributed by atoms with Gasteiger partial charge in [-0.15, -0.1) is 0 Å². The van der Waals surface area contributed by atoms with Gasteiger partial charge in [-0.3, -0.25) is 9.59 Å². The number of fused-ring (bicyclic) bond motifs is 2. The molecule has 31 heavy (non-hydrogen) atoms. The molecule has 0 unspecified atom stereocenters. The van der Waals surface area contributed by atoms with E-state index in [1.54, 1.807) is 6.20 Å². The van der Waals surface area contributed by atoms with Crippen LogP contribution in [0.25, 0.3) is 5.57 Å². The fraction of sp³-hybridized carbons (Fsp3) is 0.364.